The summed E-state index contributed by atoms with van der Waals surface area (Å²) in [7, 11) is 0. The van der Waals surface area contributed by atoms with Crippen molar-refractivity contribution in [3.8, 4) is 5.75 Å². The Labute approximate surface area is 231 Å². The Balaban J connectivity index is 1.46. The van der Waals surface area contributed by atoms with Crippen molar-refractivity contribution in [2.75, 3.05) is 6.61 Å². The fourth-order valence-corrected chi connectivity index (χ4v) is 4.91. The molecule has 0 aromatic heterocycles. The van der Waals surface area contributed by atoms with Crippen LogP contribution in [0.4, 0.5) is 5.69 Å². The van der Waals surface area contributed by atoms with E-state index in [1.165, 1.54) is 24.3 Å². The van der Waals surface area contributed by atoms with Gasteiger partial charge in [0.1, 0.15) is 35.8 Å². The minimum atomic E-state index is -1.59. The van der Waals surface area contributed by atoms with Gasteiger partial charge in [-0.05, 0) is 28.8 Å². The zero-order chi connectivity index (χ0) is 28.1. The maximum atomic E-state index is 11.0. The van der Waals surface area contributed by atoms with E-state index in [0.717, 1.165) is 16.7 Å². The van der Waals surface area contributed by atoms with E-state index in [1.807, 2.05) is 91.0 Å². The summed E-state index contributed by atoms with van der Waals surface area (Å²) < 4.78 is 18.4. The Morgan fingerprint density at radius 3 is 1.62 bits per heavy atom. The highest BCUT2D eigenvalue weighted by Crippen LogP contribution is 2.41. The van der Waals surface area contributed by atoms with Gasteiger partial charge in [0.15, 0.2) is 0 Å². The van der Waals surface area contributed by atoms with Crippen LogP contribution in [-0.4, -0.2) is 57.6 Å². The molecule has 206 valence electrons. The highest BCUT2D eigenvalue weighted by atomic mass is 16.7. The minimum absolute atomic E-state index is 0.127. The molecular formula is C31H29NO8. The van der Waals surface area contributed by atoms with Crippen molar-refractivity contribution in [1.82, 2.24) is 0 Å². The molecule has 1 heterocycles. The second-order valence-electron chi connectivity index (χ2n) is 9.47. The first-order valence-electron chi connectivity index (χ1n) is 12.8. The number of nitrogens with zero attached hydrogens (tertiary/aromatic N) is 1. The average molecular weight is 544 g/mol. The number of hydrogen-bond acceptors (Lipinski definition) is 8. The van der Waals surface area contributed by atoms with Crippen molar-refractivity contribution in [3.05, 3.63) is 142 Å². The van der Waals surface area contributed by atoms with Crippen molar-refractivity contribution < 1.29 is 34.5 Å². The first-order valence-corrected chi connectivity index (χ1v) is 12.8. The van der Waals surface area contributed by atoms with Gasteiger partial charge in [-0.3, -0.25) is 10.1 Å². The third-order valence-corrected chi connectivity index (χ3v) is 6.97. The van der Waals surface area contributed by atoms with Crippen LogP contribution < -0.4 is 4.74 Å². The number of nitro benzene ring substituents is 1. The molecule has 0 spiro atoms. The predicted octanol–water partition coefficient (Wildman–Crippen LogP) is 3.79. The molecule has 0 aliphatic carbocycles. The summed E-state index contributed by atoms with van der Waals surface area (Å²) in [6, 6.07) is 34.2. The molecule has 1 fully saturated rings. The number of benzene rings is 4. The third kappa shape index (κ3) is 5.46. The lowest BCUT2D eigenvalue weighted by Crippen LogP contribution is -2.60. The van der Waals surface area contributed by atoms with Gasteiger partial charge in [-0.2, -0.15) is 0 Å². The summed E-state index contributed by atoms with van der Waals surface area (Å²) in [5.41, 5.74) is 1.31. The number of rotatable bonds is 9. The van der Waals surface area contributed by atoms with Gasteiger partial charge in [-0.25, -0.2) is 0 Å². The van der Waals surface area contributed by atoms with Crippen LogP contribution in [0, 0.1) is 10.1 Å². The maximum Gasteiger partial charge on any atom is 0.269 e. The van der Waals surface area contributed by atoms with Gasteiger partial charge in [-0.15, -0.1) is 0 Å². The van der Waals surface area contributed by atoms with Crippen LogP contribution in [0.15, 0.2) is 115 Å². The molecule has 1 aliphatic rings. The van der Waals surface area contributed by atoms with Gasteiger partial charge in [0, 0.05) is 12.1 Å². The maximum absolute atomic E-state index is 11.0. The fraction of sp³-hybridized carbons (Fsp3) is 0.226. The van der Waals surface area contributed by atoms with Crippen molar-refractivity contribution in [2.45, 2.75) is 36.3 Å². The van der Waals surface area contributed by atoms with Crippen molar-refractivity contribution in [1.29, 1.82) is 0 Å². The smallest absolute Gasteiger partial charge is 0.269 e. The lowest BCUT2D eigenvalue weighted by molar-refractivity contribution is -0.384. The molecule has 1 aliphatic heterocycles. The Kier molecular flexibility index (Phi) is 8.20. The number of aliphatic hydroxyl groups excluding tert-OH is 3. The minimum Gasteiger partial charge on any atom is -0.462 e. The van der Waals surface area contributed by atoms with Crippen LogP contribution >= 0.6 is 0 Å². The lowest BCUT2D eigenvalue weighted by atomic mass is 9.80. The van der Waals surface area contributed by atoms with Crippen LogP contribution in [0.25, 0.3) is 0 Å². The average Bonchev–Trinajstić information content (AvgIpc) is 3.00. The summed E-state index contributed by atoms with van der Waals surface area (Å²) >= 11 is 0. The van der Waals surface area contributed by atoms with E-state index in [9.17, 15) is 25.4 Å². The lowest BCUT2D eigenvalue weighted by Gasteiger charge is -2.42. The molecule has 1 saturated heterocycles. The van der Waals surface area contributed by atoms with Crippen molar-refractivity contribution >= 4 is 5.69 Å². The van der Waals surface area contributed by atoms with Crippen LogP contribution in [0.2, 0.25) is 0 Å². The Morgan fingerprint density at radius 2 is 1.18 bits per heavy atom. The summed E-state index contributed by atoms with van der Waals surface area (Å²) in [6.07, 6.45) is -7.11. The molecule has 5 rings (SSSR count). The van der Waals surface area contributed by atoms with E-state index in [0.29, 0.717) is 0 Å². The Morgan fingerprint density at radius 1 is 0.700 bits per heavy atom. The zero-order valence-electron chi connectivity index (χ0n) is 21.4. The van der Waals surface area contributed by atoms with Gasteiger partial charge >= 0.3 is 0 Å². The molecule has 9 nitrogen and oxygen atoms in total. The van der Waals surface area contributed by atoms with E-state index in [2.05, 4.69) is 0 Å². The molecular weight excluding hydrogens is 514 g/mol. The summed E-state index contributed by atoms with van der Waals surface area (Å²) in [4.78, 5) is 10.4. The van der Waals surface area contributed by atoms with E-state index in [4.69, 9.17) is 14.2 Å². The molecule has 0 radical (unpaired) electrons. The molecule has 4 aromatic rings. The molecule has 5 unspecified atom stereocenters. The van der Waals surface area contributed by atoms with Crippen LogP contribution in [0.5, 0.6) is 5.75 Å². The number of ether oxygens (including phenoxy) is 3. The van der Waals surface area contributed by atoms with Gasteiger partial charge < -0.3 is 29.5 Å². The molecule has 40 heavy (non-hydrogen) atoms. The second kappa shape index (κ2) is 12.0. The standard InChI is InChI=1S/C31H29NO8/c33-27-26(40-30(29(35)28(27)34)39-25-18-16-24(17-19-25)32(36)37)20-38-31(21-10-4-1-5-11-21,22-12-6-2-7-13-22)23-14-8-3-9-15-23/h1-19,26-30,33-35H,20H2. The van der Waals surface area contributed by atoms with Crippen molar-refractivity contribution in [3.63, 3.8) is 0 Å². The monoisotopic (exact) mass is 543 g/mol. The summed E-state index contributed by atoms with van der Waals surface area (Å²) in [5, 5.41) is 43.1. The normalized spacial score (nSPS) is 22.9. The molecule has 4 aromatic carbocycles. The van der Waals surface area contributed by atoms with E-state index < -0.39 is 41.2 Å². The number of aliphatic hydroxyl groups is 3. The van der Waals surface area contributed by atoms with Crippen LogP contribution in [-0.2, 0) is 15.1 Å². The van der Waals surface area contributed by atoms with Gasteiger partial charge in [0.2, 0.25) is 6.29 Å². The third-order valence-electron chi connectivity index (χ3n) is 6.97. The second-order valence-corrected chi connectivity index (χ2v) is 9.47. The van der Waals surface area contributed by atoms with Gasteiger partial charge in [-0.1, -0.05) is 91.0 Å². The highest BCUT2D eigenvalue weighted by Gasteiger charge is 2.47. The van der Waals surface area contributed by atoms with E-state index in [-0.39, 0.29) is 18.0 Å². The van der Waals surface area contributed by atoms with E-state index >= 15 is 0 Å². The topological polar surface area (TPSA) is 132 Å². The zero-order valence-corrected chi connectivity index (χ0v) is 21.4. The van der Waals surface area contributed by atoms with Crippen molar-refractivity contribution in [2.24, 2.45) is 0 Å². The quantitative estimate of drug-likeness (QED) is 0.165. The first kappa shape index (κ1) is 27.4. The molecule has 9 heteroatoms. The largest absolute Gasteiger partial charge is 0.462 e. The van der Waals surface area contributed by atoms with Gasteiger partial charge in [0.05, 0.1) is 11.5 Å². The molecule has 0 amide bonds. The SMILES string of the molecule is O=[N+]([O-])c1ccc(OC2OC(COC(c3ccccc3)(c3ccccc3)c3ccccc3)C(O)C(O)C2O)cc1. The first-order chi connectivity index (χ1) is 19.4. The number of nitro groups is 1. The molecule has 3 N–H and O–H groups in total. The Bertz CT molecular complexity index is 1290. The Hall–Kier alpha value is -4.12. The number of non-ortho nitro benzene ring substituents is 1. The van der Waals surface area contributed by atoms with Crippen LogP contribution in [0.3, 0.4) is 0 Å². The molecule has 0 saturated carbocycles. The number of hydrogen-bond donors (Lipinski definition) is 3. The van der Waals surface area contributed by atoms with Crippen LogP contribution in [0.1, 0.15) is 16.7 Å². The predicted molar refractivity (Wildman–Crippen MR) is 146 cm³/mol. The van der Waals surface area contributed by atoms with Gasteiger partial charge in [0.25, 0.3) is 5.69 Å². The summed E-state index contributed by atoms with van der Waals surface area (Å²) in [6.45, 7) is -0.177. The molecule has 0 bridgehead atoms. The summed E-state index contributed by atoms with van der Waals surface area (Å²) in [5.74, 6) is 0.185. The fourth-order valence-electron chi connectivity index (χ4n) is 4.91. The molecule has 5 atom stereocenters. The van der Waals surface area contributed by atoms with E-state index in [1.54, 1.807) is 0 Å². The highest BCUT2D eigenvalue weighted by molar-refractivity contribution is 5.47.